The van der Waals surface area contributed by atoms with Gasteiger partial charge in [-0.2, -0.15) is 0 Å². The monoisotopic (exact) mass is 303 g/mol. The van der Waals surface area contributed by atoms with Crippen molar-refractivity contribution in [2.75, 3.05) is 6.54 Å². The second-order valence-corrected chi connectivity index (χ2v) is 6.13. The predicted octanol–water partition coefficient (Wildman–Crippen LogP) is 1.24. The van der Waals surface area contributed by atoms with Gasteiger partial charge >= 0.3 is 5.97 Å². The second kappa shape index (κ2) is 6.04. The SMILES string of the molecule is O=C(NC1(C(=O)O)CCCCC1)c1ccc2c(n1)CNCC2. The highest BCUT2D eigenvalue weighted by Gasteiger charge is 2.41. The molecule has 2 aliphatic rings. The van der Waals surface area contributed by atoms with E-state index in [4.69, 9.17) is 0 Å². The van der Waals surface area contributed by atoms with Gasteiger partial charge in [0.15, 0.2) is 0 Å². The van der Waals surface area contributed by atoms with Crippen molar-refractivity contribution >= 4 is 11.9 Å². The lowest BCUT2D eigenvalue weighted by Crippen LogP contribution is -2.55. The Bertz CT molecular complexity index is 594. The van der Waals surface area contributed by atoms with Crippen LogP contribution in [-0.4, -0.2) is 34.1 Å². The maximum absolute atomic E-state index is 12.5. The summed E-state index contributed by atoms with van der Waals surface area (Å²) in [5, 5.41) is 15.5. The first kappa shape index (κ1) is 15.0. The number of carbonyl (C=O) groups excluding carboxylic acids is 1. The van der Waals surface area contributed by atoms with Gasteiger partial charge in [0.25, 0.3) is 5.91 Å². The van der Waals surface area contributed by atoms with Gasteiger partial charge in [0.2, 0.25) is 0 Å². The number of rotatable bonds is 3. The predicted molar refractivity (Wildman–Crippen MR) is 80.6 cm³/mol. The van der Waals surface area contributed by atoms with Crippen molar-refractivity contribution in [2.45, 2.75) is 50.6 Å². The number of carboxylic acid groups (broad SMARTS) is 1. The van der Waals surface area contributed by atoms with Crippen molar-refractivity contribution in [3.63, 3.8) is 0 Å². The van der Waals surface area contributed by atoms with Crippen LogP contribution in [0.25, 0.3) is 0 Å². The Morgan fingerprint density at radius 1 is 1.23 bits per heavy atom. The van der Waals surface area contributed by atoms with Crippen LogP contribution in [0.4, 0.5) is 0 Å². The maximum atomic E-state index is 12.5. The van der Waals surface area contributed by atoms with Gasteiger partial charge in [-0.15, -0.1) is 0 Å². The van der Waals surface area contributed by atoms with Crippen molar-refractivity contribution in [1.82, 2.24) is 15.6 Å². The van der Waals surface area contributed by atoms with Gasteiger partial charge in [-0.05, 0) is 37.4 Å². The maximum Gasteiger partial charge on any atom is 0.329 e. The number of amides is 1. The molecule has 1 aromatic heterocycles. The molecule has 0 atom stereocenters. The van der Waals surface area contributed by atoms with Crippen molar-refractivity contribution in [1.29, 1.82) is 0 Å². The topological polar surface area (TPSA) is 91.3 Å². The average molecular weight is 303 g/mol. The van der Waals surface area contributed by atoms with Crippen LogP contribution in [0.2, 0.25) is 0 Å². The number of carbonyl (C=O) groups is 2. The molecular formula is C16H21N3O3. The van der Waals surface area contributed by atoms with Gasteiger partial charge < -0.3 is 15.7 Å². The molecule has 0 bridgehead atoms. The summed E-state index contributed by atoms with van der Waals surface area (Å²) in [7, 11) is 0. The van der Waals surface area contributed by atoms with Crippen LogP contribution in [0.3, 0.4) is 0 Å². The molecule has 1 fully saturated rings. The highest BCUT2D eigenvalue weighted by molar-refractivity contribution is 5.96. The van der Waals surface area contributed by atoms with Crippen LogP contribution in [0.15, 0.2) is 12.1 Å². The number of nitrogens with zero attached hydrogens (tertiary/aromatic N) is 1. The fourth-order valence-electron chi connectivity index (χ4n) is 3.30. The molecule has 22 heavy (non-hydrogen) atoms. The number of aromatic nitrogens is 1. The van der Waals surface area contributed by atoms with E-state index in [0.29, 0.717) is 25.1 Å². The van der Waals surface area contributed by atoms with Crippen LogP contribution in [0.5, 0.6) is 0 Å². The number of fused-ring (bicyclic) bond motifs is 1. The van der Waals surface area contributed by atoms with Gasteiger partial charge in [0, 0.05) is 6.54 Å². The first-order valence-corrected chi connectivity index (χ1v) is 7.86. The van der Waals surface area contributed by atoms with E-state index in [1.54, 1.807) is 6.07 Å². The minimum absolute atomic E-state index is 0.300. The molecule has 1 saturated carbocycles. The van der Waals surface area contributed by atoms with Crippen LogP contribution in [-0.2, 0) is 17.8 Å². The third kappa shape index (κ3) is 2.83. The van der Waals surface area contributed by atoms with Crippen LogP contribution < -0.4 is 10.6 Å². The average Bonchev–Trinajstić information content (AvgIpc) is 2.55. The molecule has 0 saturated heterocycles. The molecule has 118 valence electrons. The van der Waals surface area contributed by atoms with Crippen molar-refractivity contribution < 1.29 is 14.7 Å². The molecular weight excluding hydrogens is 282 g/mol. The number of carboxylic acids is 1. The molecule has 0 spiro atoms. The Hall–Kier alpha value is -1.95. The summed E-state index contributed by atoms with van der Waals surface area (Å²) in [5.41, 5.74) is 1.20. The molecule has 1 aliphatic heterocycles. The zero-order valence-electron chi connectivity index (χ0n) is 12.5. The molecule has 3 rings (SSSR count). The Balaban J connectivity index is 1.79. The molecule has 2 heterocycles. The van der Waals surface area contributed by atoms with E-state index in [0.717, 1.165) is 43.5 Å². The van der Waals surface area contributed by atoms with Crippen LogP contribution >= 0.6 is 0 Å². The molecule has 6 nitrogen and oxygen atoms in total. The first-order valence-electron chi connectivity index (χ1n) is 7.86. The smallest absolute Gasteiger partial charge is 0.329 e. The van der Waals surface area contributed by atoms with Crippen LogP contribution in [0, 0.1) is 0 Å². The van der Waals surface area contributed by atoms with Crippen LogP contribution in [0.1, 0.15) is 53.8 Å². The molecule has 3 N–H and O–H groups in total. The third-order valence-electron chi connectivity index (χ3n) is 4.63. The molecule has 0 radical (unpaired) electrons. The molecule has 0 aromatic carbocycles. The number of nitrogens with one attached hydrogen (secondary N) is 2. The molecule has 1 aliphatic carbocycles. The van der Waals surface area contributed by atoms with Gasteiger partial charge in [0.1, 0.15) is 11.2 Å². The molecule has 1 amide bonds. The first-order chi connectivity index (χ1) is 10.6. The van der Waals surface area contributed by atoms with E-state index in [9.17, 15) is 14.7 Å². The van der Waals surface area contributed by atoms with E-state index >= 15 is 0 Å². The number of aliphatic carboxylic acids is 1. The summed E-state index contributed by atoms with van der Waals surface area (Å²) in [5.74, 6) is -1.34. The molecule has 1 aromatic rings. The number of hydrogen-bond donors (Lipinski definition) is 3. The van der Waals surface area contributed by atoms with E-state index in [-0.39, 0.29) is 0 Å². The normalized spacial score (nSPS) is 20.0. The number of pyridine rings is 1. The Labute approximate surface area is 129 Å². The highest BCUT2D eigenvalue weighted by Crippen LogP contribution is 2.29. The largest absolute Gasteiger partial charge is 0.480 e. The minimum Gasteiger partial charge on any atom is -0.480 e. The summed E-state index contributed by atoms with van der Waals surface area (Å²) in [6, 6.07) is 3.62. The Morgan fingerprint density at radius 3 is 2.73 bits per heavy atom. The van der Waals surface area contributed by atoms with E-state index in [1.165, 1.54) is 0 Å². The molecule has 6 heteroatoms. The summed E-state index contributed by atoms with van der Waals surface area (Å²) < 4.78 is 0. The third-order valence-corrected chi connectivity index (χ3v) is 4.63. The second-order valence-electron chi connectivity index (χ2n) is 6.13. The van der Waals surface area contributed by atoms with E-state index < -0.39 is 17.4 Å². The Kier molecular flexibility index (Phi) is 4.11. The number of hydrogen-bond acceptors (Lipinski definition) is 4. The zero-order chi connectivity index (χ0) is 15.6. The van der Waals surface area contributed by atoms with Crippen molar-refractivity contribution in [3.8, 4) is 0 Å². The lowest BCUT2D eigenvalue weighted by Gasteiger charge is -2.33. The van der Waals surface area contributed by atoms with E-state index in [1.807, 2.05) is 6.07 Å². The highest BCUT2D eigenvalue weighted by atomic mass is 16.4. The fourth-order valence-corrected chi connectivity index (χ4v) is 3.30. The Morgan fingerprint density at radius 2 is 2.00 bits per heavy atom. The summed E-state index contributed by atoms with van der Waals surface area (Å²) in [6.45, 7) is 1.57. The minimum atomic E-state index is -1.13. The summed E-state index contributed by atoms with van der Waals surface area (Å²) in [6.07, 6.45) is 4.56. The van der Waals surface area contributed by atoms with Gasteiger partial charge in [-0.1, -0.05) is 25.3 Å². The zero-order valence-corrected chi connectivity index (χ0v) is 12.5. The lowest BCUT2D eigenvalue weighted by molar-refractivity contribution is -0.145. The summed E-state index contributed by atoms with van der Waals surface area (Å²) in [4.78, 5) is 28.5. The summed E-state index contributed by atoms with van der Waals surface area (Å²) >= 11 is 0. The fraction of sp³-hybridized carbons (Fsp3) is 0.562. The van der Waals surface area contributed by atoms with Gasteiger partial charge in [0.05, 0.1) is 5.69 Å². The molecule has 0 unspecified atom stereocenters. The van der Waals surface area contributed by atoms with Crippen molar-refractivity contribution in [3.05, 3.63) is 29.1 Å². The standard InChI is InChI=1S/C16H21N3O3/c20-14(19-16(15(21)22)7-2-1-3-8-16)12-5-4-11-6-9-17-10-13(11)18-12/h4-5,17H,1-3,6-10H2,(H,19,20)(H,21,22). The lowest BCUT2D eigenvalue weighted by atomic mass is 9.81. The van der Waals surface area contributed by atoms with Gasteiger partial charge in [-0.3, -0.25) is 4.79 Å². The van der Waals surface area contributed by atoms with Crippen molar-refractivity contribution in [2.24, 2.45) is 0 Å². The van der Waals surface area contributed by atoms with E-state index in [2.05, 4.69) is 15.6 Å². The quantitative estimate of drug-likeness (QED) is 0.781. The van der Waals surface area contributed by atoms with Gasteiger partial charge in [-0.25, -0.2) is 9.78 Å².